The Kier molecular flexibility index (Phi) is 6.65. The van der Waals surface area contributed by atoms with Crippen molar-refractivity contribution < 1.29 is 13.2 Å². The molecule has 0 aliphatic carbocycles. The summed E-state index contributed by atoms with van der Waals surface area (Å²) in [6.07, 6.45) is 0. The third-order valence-electron chi connectivity index (χ3n) is 5.08. The number of ether oxygens (including phenoxy) is 1. The molecule has 0 radical (unpaired) electrons. The predicted octanol–water partition coefficient (Wildman–Crippen LogP) is 7.27. The van der Waals surface area contributed by atoms with Gasteiger partial charge in [0.15, 0.2) is 11.6 Å². The molecule has 36 heavy (non-hydrogen) atoms. The maximum atomic E-state index is 13.2. The summed E-state index contributed by atoms with van der Waals surface area (Å²) in [6.45, 7) is 0. The molecule has 0 aliphatic heterocycles. The van der Waals surface area contributed by atoms with Gasteiger partial charge in [0.25, 0.3) is 10.0 Å². The number of anilines is 3. The molecule has 7 nitrogen and oxygen atoms in total. The van der Waals surface area contributed by atoms with E-state index >= 15 is 0 Å². The van der Waals surface area contributed by atoms with Gasteiger partial charge >= 0.3 is 0 Å². The molecule has 0 atom stereocenters. The van der Waals surface area contributed by atoms with Crippen LogP contribution in [-0.2, 0) is 10.0 Å². The topological polar surface area (TPSA) is 93.2 Å². The average Bonchev–Trinajstić information content (AvgIpc) is 2.87. The first kappa shape index (κ1) is 23.9. The Hall–Kier alpha value is -3.85. The van der Waals surface area contributed by atoms with Crippen molar-refractivity contribution in [2.45, 2.75) is 4.90 Å². The molecular weight excluding hydrogens is 519 g/mol. The van der Waals surface area contributed by atoms with Crippen LogP contribution in [0.5, 0.6) is 11.5 Å². The lowest BCUT2D eigenvalue weighted by atomic mass is 10.3. The van der Waals surface area contributed by atoms with Crippen LogP contribution in [0.15, 0.2) is 102 Å². The molecule has 180 valence electrons. The molecule has 0 aliphatic rings. The van der Waals surface area contributed by atoms with E-state index in [-0.39, 0.29) is 26.6 Å². The summed E-state index contributed by atoms with van der Waals surface area (Å²) < 4.78 is 34.7. The lowest BCUT2D eigenvalue weighted by molar-refractivity contribution is 0.483. The molecule has 0 unspecified atom stereocenters. The fourth-order valence-corrected chi connectivity index (χ4v) is 5.16. The predicted molar refractivity (Wildman–Crippen MR) is 143 cm³/mol. The van der Waals surface area contributed by atoms with Crippen LogP contribution >= 0.6 is 23.2 Å². The van der Waals surface area contributed by atoms with Crippen molar-refractivity contribution in [2.24, 2.45) is 0 Å². The smallest absolute Gasteiger partial charge is 0.264 e. The van der Waals surface area contributed by atoms with Crippen LogP contribution in [0.2, 0.25) is 10.0 Å². The lowest BCUT2D eigenvalue weighted by Crippen LogP contribution is -2.16. The second kappa shape index (κ2) is 10.0. The van der Waals surface area contributed by atoms with Gasteiger partial charge in [-0.3, -0.25) is 4.72 Å². The van der Waals surface area contributed by atoms with E-state index in [0.717, 1.165) is 5.75 Å². The molecule has 4 aromatic carbocycles. The zero-order valence-corrected chi connectivity index (χ0v) is 20.8. The zero-order valence-electron chi connectivity index (χ0n) is 18.5. The van der Waals surface area contributed by atoms with Gasteiger partial charge in [-0.05, 0) is 66.7 Å². The monoisotopic (exact) mass is 536 g/mol. The Morgan fingerprint density at radius 2 is 1.31 bits per heavy atom. The number of aromatic nitrogens is 2. The van der Waals surface area contributed by atoms with E-state index in [4.69, 9.17) is 27.9 Å². The number of hydrogen-bond donors (Lipinski definition) is 2. The highest BCUT2D eigenvalue weighted by Crippen LogP contribution is 2.31. The molecule has 0 saturated carbocycles. The van der Waals surface area contributed by atoms with Crippen molar-refractivity contribution in [3.63, 3.8) is 0 Å². The Balaban J connectivity index is 1.47. The Labute approximate surface area is 217 Å². The number of benzene rings is 4. The molecule has 1 aromatic heterocycles. The van der Waals surface area contributed by atoms with Gasteiger partial charge in [-0.2, -0.15) is 0 Å². The van der Waals surface area contributed by atoms with E-state index in [1.807, 2.05) is 36.4 Å². The number of hydrogen-bond acceptors (Lipinski definition) is 6. The molecule has 0 amide bonds. The van der Waals surface area contributed by atoms with Crippen molar-refractivity contribution >= 4 is 61.6 Å². The van der Waals surface area contributed by atoms with Gasteiger partial charge in [-0.25, -0.2) is 18.4 Å². The van der Waals surface area contributed by atoms with E-state index in [0.29, 0.717) is 22.5 Å². The Morgan fingerprint density at radius 3 is 2.00 bits per heavy atom. The van der Waals surface area contributed by atoms with Gasteiger partial charge < -0.3 is 10.1 Å². The maximum Gasteiger partial charge on any atom is 0.264 e. The average molecular weight is 537 g/mol. The van der Waals surface area contributed by atoms with Crippen LogP contribution in [0.1, 0.15) is 0 Å². The van der Waals surface area contributed by atoms with Crippen molar-refractivity contribution in [3.05, 3.63) is 107 Å². The Morgan fingerprint density at radius 1 is 0.694 bits per heavy atom. The van der Waals surface area contributed by atoms with Gasteiger partial charge in [0.1, 0.15) is 16.4 Å². The number of nitrogens with zero attached hydrogens (tertiary/aromatic N) is 2. The van der Waals surface area contributed by atoms with Crippen molar-refractivity contribution in [1.29, 1.82) is 0 Å². The maximum absolute atomic E-state index is 13.2. The number of halogens is 2. The van der Waals surface area contributed by atoms with E-state index in [2.05, 4.69) is 20.0 Å². The normalized spacial score (nSPS) is 11.3. The van der Waals surface area contributed by atoms with Crippen LogP contribution in [-0.4, -0.2) is 18.4 Å². The van der Waals surface area contributed by atoms with Gasteiger partial charge in [0, 0.05) is 10.7 Å². The third-order valence-corrected chi connectivity index (χ3v) is 7.14. The standard InChI is InChI=1S/C26H18Cl2N4O3S/c27-17-10-15-21(28)24(16-17)36(33,34)32-26-25(30-22-8-4-5-9-23(22)31-26)29-18-11-13-20(14-12-18)35-19-6-2-1-3-7-19/h1-16H,(H,29,30)(H,31,32). The number of rotatable bonds is 7. The fourth-order valence-electron chi connectivity index (χ4n) is 3.39. The molecule has 5 rings (SSSR count). The van der Waals surface area contributed by atoms with E-state index in [1.165, 1.54) is 18.2 Å². The van der Waals surface area contributed by atoms with Gasteiger partial charge in [0.05, 0.1) is 16.1 Å². The van der Waals surface area contributed by atoms with E-state index in [9.17, 15) is 8.42 Å². The molecule has 0 fully saturated rings. The van der Waals surface area contributed by atoms with Gasteiger partial charge in [0.2, 0.25) is 0 Å². The highest BCUT2D eigenvalue weighted by molar-refractivity contribution is 7.92. The number of fused-ring (bicyclic) bond motifs is 1. The minimum atomic E-state index is -4.12. The second-order valence-corrected chi connectivity index (χ2v) is 10.1. The second-order valence-electron chi connectivity index (χ2n) is 7.65. The van der Waals surface area contributed by atoms with Gasteiger partial charge in [-0.15, -0.1) is 0 Å². The molecule has 2 N–H and O–H groups in total. The molecule has 5 aromatic rings. The number of sulfonamides is 1. The van der Waals surface area contributed by atoms with Gasteiger partial charge in [-0.1, -0.05) is 53.5 Å². The quantitative estimate of drug-likeness (QED) is 0.227. The van der Waals surface area contributed by atoms with Crippen LogP contribution in [0.3, 0.4) is 0 Å². The molecule has 1 heterocycles. The summed E-state index contributed by atoms with van der Waals surface area (Å²) in [5.74, 6) is 1.59. The summed E-state index contributed by atoms with van der Waals surface area (Å²) in [7, 11) is -4.12. The zero-order chi connectivity index (χ0) is 25.1. The van der Waals surface area contributed by atoms with Crippen LogP contribution in [0.4, 0.5) is 17.3 Å². The first-order valence-corrected chi connectivity index (χ1v) is 13.0. The van der Waals surface area contributed by atoms with E-state index < -0.39 is 10.0 Å². The van der Waals surface area contributed by atoms with Crippen LogP contribution in [0, 0.1) is 0 Å². The number of para-hydroxylation sites is 3. The first-order valence-electron chi connectivity index (χ1n) is 10.7. The third kappa shape index (κ3) is 5.36. The highest BCUT2D eigenvalue weighted by Gasteiger charge is 2.22. The SMILES string of the molecule is O=S(=O)(Nc1nc2ccccc2nc1Nc1ccc(Oc2ccccc2)cc1)c1cc(Cl)ccc1Cl. The fraction of sp³-hybridized carbons (Fsp3) is 0. The summed E-state index contributed by atoms with van der Waals surface area (Å²) in [6, 6.07) is 27.9. The van der Waals surface area contributed by atoms with Crippen LogP contribution in [0.25, 0.3) is 11.0 Å². The molecule has 0 bridgehead atoms. The van der Waals surface area contributed by atoms with Crippen molar-refractivity contribution in [2.75, 3.05) is 10.0 Å². The molecule has 10 heteroatoms. The summed E-state index contributed by atoms with van der Waals surface area (Å²) >= 11 is 12.1. The summed E-state index contributed by atoms with van der Waals surface area (Å²) in [5, 5.41) is 3.41. The largest absolute Gasteiger partial charge is 0.457 e. The molecular formula is C26H18Cl2N4O3S. The molecule has 0 saturated heterocycles. The molecule has 0 spiro atoms. The number of nitrogens with one attached hydrogen (secondary N) is 2. The Bertz CT molecular complexity index is 1650. The highest BCUT2D eigenvalue weighted by atomic mass is 35.5. The first-order chi connectivity index (χ1) is 17.4. The minimum Gasteiger partial charge on any atom is -0.457 e. The lowest BCUT2D eigenvalue weighted by Gasteiger charge is -2.15. The van der Waals surface area contributed by atoms with Crippen LogP contribution < -0.4 is 14.8 Å². The summed E-state index contributed by atoms with van der Waals surface area (Å²) in [4.78, 5) is 8.91. The van der Waals surface area contributed by atoms with Crippen molar-refractivity contribution in [3.8, 4) is 11.5 Å². The summed E-state index contributed by atoms with van der Waals surface area (Å²) in [5.41, 5.74) is 1.76. The minimum absolute atomic E-state index is 0.00866. The van der Waals surface area contributed by atoms with Crippen molar-refractivity contribution in [1.82, 2.24) is 9.97 Å². The van der Waals surface area contributed by atoms with E-state index in [1.54, 1.807) is 42.5 Å².